The molecule has 0 aliphatic heterocycles. The Morgan fingerprint density at radius 2 is 2.00 bits per heavy atom. The molecule has 1 heterocycles. The smallest absolute Gasteiger partial charge is 0.234 e. The number of anilines is 1. The van der Waals surface area contributed by atoms with Gasteiger partial charge in [0.1, 0.15) is 10.8 Å². The van der Waals surface area contributed by atoms with E-state index in [1.807, 2.05) is 13.8 Å². The summed E-state index contributed by atoms with van der Waals surface area (Å²) in [5.41, 5.74) is 5.32. The van der Waals surface area contributed by atoms with Gasteiger partial charge in [0.05, 0.1) is 17.2 Å². The normalized spacial score (nSPS) is 11.6. The van der Waals surface area contributed by atoms with Gasteiger partial charge in [-0.15, -0.1) is 0 Å². The van der Waals surface area contributed by atoms with Gasteiger partial charge in [-0.2, -0.15) is 4.98 Å². The molecule has 0 fully saturated rings. The highest BCUT2D eigenvalue weighted by Gasteiger charge is 2.17. The summed E-state index contributed by atoms with van der Waals surface area (Å²) in [6.07, 6.45) is 0.712. The molecule has 0 atom stereocenters. The molecule has 0 spiro atoms. The van der Waals surface area contributed by atoms with Crippen LogP contribution in [-0.4, -0.2) is 24.3 Å². The fraction of sp³-hybridized carbons (Fsp3) is 0.545. The second-order valence-electron chi connectivity index (χ2n) is 4.20. The van der Waals surface area contributed by atoms with Crippen LogP contribution in [-0.2, 0) is 4.74 Å². The van der Waals surface area contributed by atoms with Crippen LogP contribution in [0.4, 0.5) is 5.82 Å². The van der Waals surface area contributed by atoms with E-state index >= 15 is 0 Å². The number of halogens is 2. The maximum absolute atomic E-state index is 5.93. The number of methoxy groups -OCH3 is 1. The van der Waals surface area contributed by atoms with Gasteiger partial charge in [0.2, 0.25) is 5.88 Å². The van der Waals surface area contributed by atoms with E-state index < -0.39 is 0 Å². The van der Waals surface area contributed by atoms with Gasteiger partial charge in [-0.05, 0) is 19.9 Å². The summed E-state index contributed by atoms with van der Waals surface area (Å²) >= 11 is 11.7. The Balaban J connectivity index is 2.61. The number of nitrogens with zero attached hydrogens (tertiary/aromatic N) is 1. The highest BCUT2D eigenvalue weighted by atomic mass is 35.5. The van der Waals surface area contributed by atoms with Crippen molar-refractivity contribution in [2.45, 2.75) is 25.9 Å². The molecule has 0 unspecified atom stereocenters. The number of nitrogen functional groups attached to an aromatic ring is 1. The van der Waals surface area contributed by atoms with Crippen molar-refractivity contribution in [1.82, 2.24) is 4.98 Å². The van der Waals surface area contributed by atoms with Crippen LogP contribution >= 0.6 is 23.2 Å². The van der Waals surface area contributed by atoms with E-state index in [1.54, 1.807) is 7.11 Å². The number of hydrogen-bond donors (Lipinski definition) is 1. The summed E-state index contributed by atoms with van der Waals surface area (Å²) in [5.74, 6) is 0.498. The van der Waals surface area contributed by atoms with Crippen LogP contribution in [0.2, 0.25) is 10.0 Å². The van der Waals surface area contributed by atoms with E-state index in [2.05, 4.69) is 4.98 Å². The van der Waals surface area contributed by atoms with Crippen molar-refractivity contribution in [3.8, 4) is 5.88 Å². The van der Waals surface area contributed by atoms with Gasteiger partial charge in [-0.1, -0.05) is 23.2 Å². The molecule has 96 valence electrons. The number of pyridine rings is 1. The van der Waals surface area contributed by atoms with Crippen molar-refractivity contribution in [2.24, 2.45) is 0 Å². The molecule has 0 radical (unpaired) electrons. The first-order valence-electron chi connectivity index (χ1n) is 5.15. The molecule has 0 saturated carbocycles. The lowest BCUT2D eigenvalue weighted by Gasteiger charge is -2.22. The van der Waals surface area contributed by atoms with Gasteiger partial charge in [-0.25, -0.2) is 0 Å². The van der Waals surface area contributed by atoms with E-state index in [9.17, 15) is 0 Å². The van der Waals surface area contributed by atoms with Gasteiger partial charge < -0.3 is 15.2 Å². The first-order valence-corrected chi connectivity index (χ1v) is 5.91. The second-order valence-corrected chi connectivity index (χ2v) is 5.02. The van der Waals surface area contributed by atoms with E-state index in [-0.39, 0.29) is 11.4 Å². The summed E-state index contributed by atoms with van der Waals surface area (Å²) < 4.78 is 10.7. The number of nitrogens with two attached hydrogens (primary N) is 1. The van der Waals surface area contributed by atoms with Gasteiger partial charge in [0, 0.05) is 13.5 Å². The Labute approximate surface area is 111 Å². The van der Waals surface area contributed by atoms with Crippen LogP contribution in [0.1, 0.15) is 20.3 Å². The standard InChI is InChI=1S/C11H16Cl2N2O2/c1-11(2,16-3)4-5-17-10-8(13)6-7(12)9(14)15-10/h6H,4-5H2,1-3H3,(H2,14,15). The molecular weight excluding hydrogens is 263 g/mol. The molecule has 4 nitrogen and oxygen atoms in total. The first kappa shape index (κ1) is 14.4. The van der Waals surface area contributed by atoms with Crippen molar-refractivity contribution in [3.05, 3.63) is 16.1 Å². The quantitative estimate of drug-likeness (QED) is 0.899. The summed E-state index contributed by atoms with van der Waals surface area (Å²) in [5, 5.41) is 0.666. The Morgan fingerprint density at radius 1 is 1.35 bits per heavy atom. The van der Waals surface area contributed by atoms with Crippen LogP contribution in [0, 0.1) is 0 Å². The van der Waals surface area contributed by atoms with Crippen molar-refractivity contribution in [1.29, 1.82) is 0 Å². The lowest BCUT2D eigenvalue weighted by molar-refractivity contribution is 0.00511. The SMILES string of the molecule is COC(C)(C)CCOc1nc(N)c(Cl)cc1Cl. The number of rotatable bonds is 5. The maximum Gasteiger partial charge on any atom is 0.234 e. The summed E-state index contributed by atoms with van der Waals surface area (Å²) in [6.45, 7) is 4.39. The van der Waals surface area contributed by atoms with E-state index in [0.717, 1.165) is 0 Å². The molecule has 6 heteroatoms. The Morgan fingerprint density at radius 3 is 2.59 bits per heavy atom. The Bertz CT molecular complexity index is 397. The van der Waals surface area contributed by atoms with Gasteiger partial charge in [-0.3, -0.25) is 0 Å². The lowest BCUT2D eigenvalue weighted by Crippen LogP contribution is -2.25. The van der Waals surface area contributed by atoms with Crippen LogP contribution in [0.5, 0.6) is 5.88 Å². The van der Waals surface area contributed by atoms with Crippen molar-refractivity contribution >= 4 is 29.0 Å². The zero-order valence-electron chi connectivity index (χ0n) is 10.1. The monoisotopic (exact) mass is 278 g/mol. The molecule has 0 aliphatic carbocycles. The largest absolute Gasteiger partial charge is 0.476 e. The molecule has 0 aromatic carbocycles. The average molecular weight is 279 g/mol. The summed E-state index contributed by atoms with van der Waals surface area (Å²) in [7, 11) is 1.66. The summed E-state index contributed by atoms with van der Waals surface area (Å²) in [4.78, 5) is 3.97. The van der Waals surface area contributed by atoms with Crippen LogP contribution < -0.4 is 10.5 Å². The lowest BCUT2D eigenvalue weighted by atomic mass is 10.1. The molecule has 0 aliphatic rings. The third-order valence-corrected chi connectivity index (χ3v) is 2.99. The highest BCUT2D eigenvalue weighted by molar-refractivity contribution is 6.36. The predicted molar refractivity (Wildman–Crippen MR) is 69.9 cm³/mol. The van der Waals surface area contributed by atoms with Crippen LogP contribution in [0.25, 0.3) is 0 Å². The zero-order valence-corrected chi connectivity index (χ0v) is 11.6. The third-order valence-electron chi connectivity index (χ3n) is 2.42. The minimum Gasteiger partial charge on any atom is -0.476 e. The zero-order chi connectivity index (χ0) is 13.1. The fourth-order valence-corrected chi connectivity index (χ4v) is 1.47. The minimum absolute atomic E-state index is 0.206. The molecule has 1 aromatic heterocycles. The van der Waals surface area contributed by atoms with Crippen LogP contribution in [0.3, 0.4) is 0 Å². The molecule has 1 aromatic rings. The third kappa shape index (κ3) is 4.22. The Hall–Kier alpha value is -0.710. The molecule has 0 bridgehead atoms. The molecule has 0 saturated heterocycles. The predicted octanol–water partition coefficient (Wildman–Crippen LogP) is 3.16. The van der Waals surface area contributed by atoms with Gasteiger partial charge >= 0.3 is 0 Å². The molecule has 2 N–H and O–H groups in total. The van der Waals surface area contributed by atoms with Crippen molar-refractivity contribution in [2.75, 3.05) is 19.5 Å². The number of hydrogen-bond acceptors (Lipinski definition) is 4. The average Bonchev–Trinajstić information content (AvgIpc) is 2.25. The van der Waals surface area contributed by atoms with Gasteiger partial charge in [0.25, 0.3) is 0 Å². The van der Waals surface area contributed by atoms with Crippen molar-refractivity contribution in [3.63, 3.8) is 0 Å². The maximum atomic E-state index is 5.93. The van der Waals surface area contributed by atoms with E-state index in [0.29, 0.717) is 29.0 Å². The molecular formula is C11H16Cl2N2O2. The fourth-order valence-electron chi connectivity index (χ4n) is 1.06. The second kappa shape index (κ2) is 5.76. The van der Waals surface area contributed by atoms with Gasteiger partial charge in [0.15, 0.2) is 0 Å². The summed E-state index contributed by atoms with van der Waals surface area (Å²) in [6, 6.07) is 1.52. The molecule has 0 amide bonds. The van der Waals surface area contributed by atoms with Crippen LogP contribution in [0.15, 0.2) is 6.07 Å². The van der Waals surface area contributed by atoms with E-state index in [4.69, 9.17) is 38.4 Å². The molecule has 1 rings (SSSR count). The minimum atomic E-state index is -0.246. The Kier molecular flexibility index (Phi) is 4.86. The van der Waals surface area contributed by atoms with E-state index in [1.165, 1.54) is 6.07 Å². The first-order chi connectivity index (χ1) is 7.85. The van der Waals surface area contributed by atoms with Crippen molar-refractivity contribution < 1.29 is 9.47 Å². The number of ether oxygens (including phenoxy) is 2. The highest BCUT2D eigenvalue weighted by Crippen LogP contribution is 2.29. The number of aromatic nitrogens is 1. The topological polar surface area (TPSA) is 57.4 Å². The molecule has 17 heavy (non-hydrogen) atoms.